The van der Waals surface area contributed by atoms with E-state index in [-0.39, 0.29) is 0 Å². The number of nitrogens with one attached hydrogen (secondary N) is 1. The van der Waals surface area contributed by atoms with Crippen LogP contribution in [0.1, 0.15) is 27.2 Å². The van der Waals surface area contributed by atoms with Crippen LogP contribution in [0.5, 0.6) is 0 Å². The molecular formula is C7H16N. The Hall–Kier alpha value is -0.0400. The zero-order valence-electron chi connectivity index (χ0n) is 6.28. The average molecular weight is 114 g/mol. The van der Waals surface area contributed by atoms with Crippen LogP contribution < -0.4 is 5.32 Å². The van der Waals surface area contributed by atoms with Gasteiger partial charge in [-0.2, -0.15) is 0 Å². The summed E-state index contributed by atoms with van der Waals surface area (Å²) in [4.78, 5) is 0. The highest BCUT2D eigenvalue weighted by Crippen LogP contribution is 2.11. The van der Waals surface area contributed by atoms with Gasteiger partial charge in [0, 0.05) is 6.04 Å². The molecule has 1 heteroatoms. The van der Waals surface area contributed by atoms with E-state index < -0.39 is 0 Å². The van der Waals surface area contributed by atoms with Crippen molar-refractivity contribution >= 4 is 0 Å². The lowest BCUT2D eigenvalue weighted by Gasteiger charge is -2.15. The number of hydrogen-bond acceptors (Lipinski definition) is 1. The Labute approximate surface area is 52.5 Å². The van der Waals surface area contributed by atoms with Crippen LogP contribution >= 0.6 is 0 Å². The van der Waals surface area contributed by atoms with Crippen molar-refractivity contribution in [3.8, 4) is 0 Å². The van der Waals surface area contributed by atoms with Gasteiger partial charge in [0.25, 0.3) is 0 Å². The number of hydrogen-bond donors (Lipinski definition) is 1. The molecule has 1 nitrogen and oxygen atoms in total. The lowest BCUT2D eigenvalue weighted by atomic mass is 10.0. The van der Waals surface area contributed by atoms with Crippen molar-refractivity contribution in [3.05, 3.63) is 6.04 Å². The third-order valence-corrected chi connectivity index (χ3v) is 1.40. The summed E-state index contributed by atoms with van der Waals surface area (Å²) in [5, 5.41) is 3.17. The zero-order chi connectivity index (χ0) is 6.57. The summed E-state index contributed by atoms with van der Waals surface area (Å²) in [5.74, 6) is 0.685. The smallest absolute Gasteiger partial charge is 0.0384 e. The van der Waals surface area contributed by atoms with Gasteiger partial charge in [-0.3, -0.25) is 0 Å². The fourth-order valence-corrected chi connectivity index (χ4v) is 0.874. The molecule has 0 aromatic heterocycles. The lowest BCUT2D eigenvalue weighted by Crippen LogP contribution is -2.20. The van der Waals surface area contributed by atoms with Crippen LogP contribution in [0.3, 0.4) is 0 Å². The summed E-state index contributed by atoms with van der Waals surface area (Å²) in [5.41, 5.74) is 0. The van der Waals surface area contributed by atoms with Gasteiger partial charge in [-0.05, 0) is 19.4 Å². The highest BCUT2D eigenvalue weighted by Gasteiger charge is 2.06. The van der Waals surface area contributed by atoms with E-state index in [9.17, 15) is 0 Å². The van der Waals surface area contributed by atoms with Crippen LogP contribution in [0.15, 0.2) is 0 Å². The maximum atomic E-state index is 3.17. The van der Waals surface area contributed by atoms with Crippen LogP contribution in [0.2, 0.25) is 0 Å². The Kier molecular flexibility index (Phi) is 3.88. The summed E-state index contributed by atoms with van der Waals surface area (Å²) in [6, 6.07) is 1.44. The molecule has 0 bridgehead atoms. The van der Waals surface area contributed by atoms with Gasteiger partial charge in [0.1, 0.15) is 0 Å². The molecule has 0 aliphatic carbocycles. The zero-order valence-corrected chi connectivity index (χ0v) is 6.28. The van der Waals surface area contributed by atoms with Crippen molar-refractivity contribution in [1.82, 2.24) is 5.32 Å². The first-order valence-corrected chi connectivity index (χ1v) is 3.25. The Bertz CT molecular complexity index is 46.3. The molecule has 8 heavy (non-hydrogen) atoms. The second-order valence-corrected chi connectivity index (χ2v) is 2.28. The maximum Gasteiger partial charge on any atom is 0.0384 e. The van der Waals surface area contributed by atoms with E-state index in [0.29, 0.717) is 5.92 Å². The molecule has 0 saturated carbocycles. The van der Waals surface area contributed by atoms with E-state index in [1.54, 1.807) is 0 Å². The second kappa shape index (κ2) is 3.90. The lowest BCUT2D eigenvalue weighted by molar-refractivity contribution is 0.547. The normalized spacial score (nSPS) is 11.2. The molecule has 49 valence electrons. The first kappa shape index (κ1) is 7.96. The largest absolute Gasteiger partial charge is 0.312 e. The highest BCUT2D eigenvalue weighted by atomic mass is 14.9. The van der Waals surface area contributed by atoms with Crippen molar-refractivity contribution in [3.63, 3.8) is 0 Å². The Balaban J connectivity index is 3.35. The van der Waals surface area contributed by atoms with Gasteiger partial charge < -0.3 is 5.32 Å². The average Bonchev–Trinajstić information content (AvgIpc) is 1.69. The molecule has 0 fully saturated rings. The Morgan fingerprint density at radius 2 is 2.00 bits per heavy atom. The molecule has 0 aliphatic heterocycles. The van der Waals surface area contributed by atoms with Gasteiger partial charge in [-0.25, -0.2) is 0 Å². The summed E-state index contributed by atoms with van der Waals surface area (Å²) < 4.78 is 0. The molecule has 0 aromatic carbocycles. The van der Waals surface area contributed by atoms with Crippen LogP contribution in [0.25, 0.3) is 0 Å². The first-order valence-electron chi connectivity index (χ1n) is 3.25. The highest BCUT2D eigenvalue weighted by molar-refractivity contribution is 4.86. The van der Waals surface area contributed by atoms with Gasteiger partial charge in [-0.15, -0.1) is 0 Å². The quantitative estimate of drug-likeness (QED) is 0.590. The van der Waals surface area contributed by atoms with E-state index in [0.717, 1.165) is 6.42 Å². The predicted octanol–water partition coefficient (Wildman–Crippen LogP) is 1.80. The predicted molar refractivity (Wildman–Crippen MR) is 37.4 cm³/mol. The van der Waals surface area contributed by atoms with Gasteiger partial charge >= 0.3 is 0 Å². The van der Waals surface area contributed by atoms with E-state index in [4.69, 9.17) is 0 Å². The molecule has 0 saturated heterocycles. The van der Waals surface area contributed by atoms with E-state index in [2.05, 4.69) is 26.1 Å². The summed E-state index contributed by atoms with van der Waals surface area (Å²) >= 11 is 0. The minimum absolute atomic E-state index is 0.685. The second-order valence-electron chi connectivity index (χ2n) is 2.28. The van der Waals surface area contributed by atoms with Crippen molar-refractivity contribution in [2.75, 3.05) is 7.05 Å². The SMILES string of the molecule is CC[C](NC)C(C)C. The van der Waals surface area contributed by atoms with Gasteiger partial charge in [0.05, 0.1) is 0 Å². The molecule has 1 radical (unpaired) electrons. The molecule has 0 rings (SSSR count). The first-order chi connectivity index (χ1) is 3.72. The van der Waals surface area contributed by atoms with Crippen LogP contribution in [-0.2, 0) is 0 Å². The van der Waals surface area contributed by atoms with Crippen LogP contribution in [0.4, 0.5) is 0 Å². The Morgan fingerprint density at radius 3 is 2.00 bits per heavy atom. The van der Waals surface area contributed by atoms with Gasteiger partial charge in [0.2, 0.25) is 0 Å². The third kappa shape index (κ3) is 2.31. The van der Waals surface area contributed by atoms with Crippen molar-refractivity contribution in [2.45, 2.75) is 27.2 Å². The maximum absolute atomic E-state index is 3.17. The standard InChI is InChI=1S/C7H16N/c1-5-7(8-4)6(2)3/h6,8H,5H2,1-4H3. The molecule has 0 amide bonds. The molecule has 0 atom stereocenters. The van der Waals surface area contributed by atoms with Crippen LogP contribution in [-0.4, -0.2) is 7.05 Å². The van der Waals surface area contributed by atoms with Crippen molar-refractivity contribution in [1.29, 1.82) is 0 Å². The fourth-order valence-electron chi connectivity index (χ4n) is 0.874. The van der Waals surface area contributed by atoms with Crippen molar-refractivity contribution < 1.29 is 0 Å². The van der Waals surface area contributed by atoms with E-state index >= 15 is 0 Å². The fraction of sp³-hybridized carbons (Fsp3) is 0.857. The molecule has 0 unspecified atom stereocenters. The molecule has 0 aliphatic rings. The minimum Gasteiger partial charge on any atom is -0.312 e. The monoisotopic (exact) mass is 114 g/mol. The molecular weight excluding hydrogens is 98.1 g/mol. The molecule has 0 spiro atoms. The Morgan fingerprint density at radius 1 is 1.50 bits per heavy atom. The van der Waals surface area contributed by atoms with Crippen molar-refractivity contribution in [2.24, 2.45) is 5.92 Å². The molecule has 0 aromatic rings. The van der Waals surface area contributed by atoms with Crippen LogP contribution in [0, 0.1) is 12.0 Å². The topological polar surface area (TPSA) is 12.0 Å². The van der Waals surface area contributed by atoms with E-state index in [1.807, 2.05) is 7.05 Å². The molecule has 0 heterocycles. The van der Waals surface area contributed by atoms with Gasteiger partial charge in [0.15, 0.2) is 0 Å². The van der Waals surface area contributed by atoms with E-state index in [1.165, 1.54) is 6.04 Å². The van der Waals surface area contributed by atoms with Gasteiger partial charge in [-0.1, -0.05) is 20.8 Å². The third-order valence-electron chi connectivity index (χ3n) is 1.40. The minimum atomic E-state index is 0.685. The molecule has 1 N–H and O–H groups in total. The summed E-state index contributed by atoms with van der Waals surface area (Å²) in [6.07, 6.45) is 1.15. The summed E-state index contributed by atoms with van der Waals surface area (Å²) in [7, 11) is 1.98. The number of rotatable bonds is 3. The summed E-state index contributed by atoms with van der Waals surface area (Å²) in [6.45, 7) is 6.58.